The highest BCUT2D eigenvalue weighted by Gasteiger charge is 2.06. The van der Waals surface area contributed by atoms with Crippen molar-refractivity contribution in [1.82, 2.24) is 15.3 Å². The fourth-order valence-electron chi connectivity index (χ4n) is 1.79. The van der Waals surface area contributed by atoms with Crippen molar-refractivity contribution in [1.29, 1.82) is 0 Å². The highest BCUT2D eigenvalue weighted by Crippen LogP contribution is 2.19. The summed E-state index contributed by atoms with van der Waals surface area (Å²) >= 11 is 0. The number of aromatic nitrogens is 1. The second-order valence-electron chi connectivity index (χ2n) is 3.61. The minimum absolute atomic E-state index is 0.382. The summed E-state index contributed by atoms with van der Waals surface area (Å²) < 4.78 is 2.03. The normalized spacial score (nSPS) is 10.4. The van der Waals surface area contributed by atoms with E-state index in [4.69, 9.17) is 5.84 Å². The van der Waals surface area contributed by atoms with Gasteiger partial charge in [0.2, 0.25) is 0 Å². The molecular weight excluding hydrogens is 204 g/mol. The highest BCUT2D eigenvalue weighted by atomic mass is 16.2. The smallest absolute Gasteiger partial charge is 0.329 e. The molecule has 1 heterocycles. The van der Waals surface area contributed by atoms with Gasteiger partial charge in [-0.05, 0) is 11.6 Å². The third-order valence-electron chi connectivity index (χ3n) is 2.55. The monoisotopic (exact) mass is 218 g/mol. The number of nitrogens with two attached hydrogens (primary N) is 1. The molecule has 0 aliphatic heterocycles. The summed E-state index contributed by atoms with van der Waals surface area (Å²) in [5.41, 5.74) is 4.25. The van der Waals surface area contributed by atoms with Gasteiger partial charge in [0, 0.05) is 30.7 Å². The van der Waals surface area contributed by atoms with E-state index >= 15 is 0 Å². The second kappa shape index (κ2) is 4.24. The average molecular weight is 218 g/mol. The van der Waals surface area contributed by atoms with E-state index in [1.165, 1.54) is 0 Å². The summed E-state index contributed by atoms with van der Waals surface area (Å²) in [6, 6.07) is 7.67. The van der Waals surface area contributed by atoms with Crippen LogP contribution in [0.1, 0.15) is 5.56 Å². The van der Waals surface area contributed by atoms with Gasteiger partial charge >= 0.3 is 6.03 Å². The zero-order valence-corrected chi connectivity index (χ0v) is 9.03. The van der Waals surface area contributed by atoms with Crippen molar-refractivity contribution in [2.45, 2.75) is 6.54 Å². The highest BCUT2D eigenvalue weighted by molar-refractivity contribution is 5.84. The molecule has 2 rings (SSSR count). The number of hydrogen-bond acceptors (Lipinski definition) is 2. The van der Waals surface area contributed by atoms with E-state index in [2.05, 4.69) is 5.32 Å². The van der Waals surface area contributed by atoms with Crippen molar-refractivity contribution >= 4 is 16.9 Å². The van der Waals surface area contributed by atoms with E-state index in [0.29, 0.717) is 6.54 Å². The lowest BCUT2D eigenvalue weighted by molar-refractivity contribution is 0.241. The fraction of sp³-hybridized carbons (Fsp3) is 0.182. The summed E-state index contributed by atoms with van der Waals surface area (Å²) in [7, 11) is 1.98. The molecule has 1 aromatic heterocycles. The van der Waals surface area contributed by atoms with E-state index in [9.17, 15) is 4.79 Å². The third-order valence-corrected chi connectivity index (χ3v) is 2.55. The number of carbonyl (C=O) groups excluding carboxylic acids is 1. The molecule has 0 atom stereocenters. The van der Waals surface area contributed by atoms with Gasteiger partial charge in [-0.15, -0.1) is 0 Å². The number of hydrazine groups is 1. The van der Waals surface area contributed by atoms with E-state index < -0.39 is 0 Å². The van der Waals surface area contributed by atoms with Crippen LogP contribution >= 0.6 is 0 Å². The van der Waals surface area contributed by atoms with Crippen LogP contribution in [0.25, 0.3) is 10.9 Å². The van der Waals surface area contributed by atoms with Gasteiger partial charge in [-0.25, -0.2) is 10.6 Å². The molecule has 5 nitrogen and oxygen atoms in total. The molecule has 0 saturated carbocycles. The summed E-state index contributed by atoms with van der Waals surface area (Å²) in [6.07, 6.45) is 2.00. The molecule has 5 heteroatoms. The number of nitrogens with zero attached hydrogens (tertiary/aromatic N) is 1. The van der Waals surface area contributed by atoms with Crippen LogP contribution in [-0.4, -0.2) is 10.6 Å². The first-order valence-corrected chi connectivity index (χ1v) is 4.99. The van der Waals surface area contributed by atoms with Crippen LogP contribution in [0.4, 0.5) is 4.79 Å². The molecule has 4 N–H and O–H groups in total. The third kappa shape index (κ3) is 1.85. The van der Waals surface area contributed by atoms with Crippen LogP contribution in [0.15, 0.2) is 30.5 Å². The Morgan fingerprint density at radius 2 is 2.19 bits per heavy atom. The Kier molecular flexibility index (Phi) is 2.78. The lowest BCUT2D eigenvalue weighted by Crippen LogP contribution is -2.39. The van der Waals surface area contributed by atoms with Crippen LogP contribution in [0.5, 0.6) is 0 Å². The molecule has 0 saturated heterocycles. The first-order chi connectivity index (χ1) is 7.72. The Bertz CT molecular complexity index is 518. The summed E-state index contributed by atoms with van der Waals surface area (Å²) in [5, 5.41) is 3.81. The molecule has 16 heavy (non-hydrogen) atoms. The molecular formula is C11H14N4O. The number of aryl methyl sites for hydroxylation is 1. The van der Waals surface area contributed by atoms with E-state index in [0.717, 1.165) is 16.5 Å². The Hall–Kier alpha value is -2.01. The summed E-state index contributed by atoms with van der Waals surface area (Å²) in [6.45, 7) is 0.463. The topological polar surface area (TPSA) is 72.1 Å². The van der Waals surface area contributed by atoms with E-state index in [-0.39, 0.29) is 6.03 Å². The number of amides is 2. The van der Waals surface area contributed by atoms with Crippen molar-refractivity contribution in [3.05, 3.63) is 36.0 Å². The molecule has 0 bridgehead atoms. The van der Waals surface area contributed by atoms with Crippen LogP contribution in [0, 0.1) is 0 Å². The fourth-order valence-corrected chi connectivity index (χ4v) is 1.79. The first-order valence-electron chi connectivity index (χ1n) is 4.99. The number of para-hydroxylation sites is 1. The molecule has 0 aliphatic rings. The Labute approximate surface area is 93.2 Å². The minimum atomic E-state index is -0.382. The lowest BCUT2D eigenvalue weighted by Gasteiger charge is -2.02. The Morgan fingerprint density at radius 1 is 1.44 bits per heavy atom. The van der Waals surface area contributed by atoms with Crippen LogP contribution in [-0.2, 0) is 13.6 Å². The van der Waals surface area contributed by atoms with Gasteiger partial charge in [0.05, 0.1) is 0 Å². The van der Waals surface area contributed by atoms with Crippen molar-refractivity contribution < 1.29 is 4.79 Å². The molecule has 0 spiro atoms. The minimum Gasteiger partial charge on any atom is -0.350 e. The summed E-state index contributed by atoms with van der Waals surface area (Å²) in [4.78, 5) is 11.0. The maximum Gasteiger partial charge on any atom is 0.329 e. The lowest BCUT2D eigenvalue weighted by atomic mass is 10.2. The first kappa shape index (κ1) is 10.5. The molecule has 0 fully saturated rings. The van der Waals surface area contributed by atoms with Gasteiger partial charge in [0.15, 0.2) is 0 Å². The SMILES string of the molecule is Cn1cc(CNC(=O)NN)c2ccccc21. The average Bonchev–Trinajstić information content (AvgIpc) is 2.64. The molecule has 1 aromatic carbocycles. The van der Waals surface area contributed by atoms with Gasteiger partial charge < -0.3 is 9.88 Å². The van der Waals surface area contributed by atoms with Crippen molar-refractivity contribution in [3.63, 3.8) is 0 Å². The number of nitrogens with one attached hydrogen (secondary N) is 2. The number of hydrogen-bond donors (Lipinski definition) is 3. The largest absolute Gasteiger partial charge is 0.350 e. The predicted molar refractivity (Wildman–Crippen MR) is 62.5 cm³/mol. The van der Waals surface area contributed by atoms with Crippen molar-refractivity contribution in [2.24, 2.45) is 12.9 Å². The summed E-state index contributed by atoms with van der Waals surface area (Å²) in [5.74, 6) is 4.99. The van der Waals surface area contributed by atoms with E-state index in [1.807, 2.05) is 47.5 Å². The Balaban J connectivity index is 2.27. The van der Waals surface area contributed by atoms with Gasteiger partial charge in [-0.2, -0.15) is 0 Å². The molecule has 0 aliphatic carbocycles. The number of carbonyl (C=O) groups is 1. The van der Waals surface area contributed by atoms with Gasteiger partial charge in [-0.3, -0.25) is 5.43 Å². The van der Waals surface area contributed by atoms with E-state index in [1.54, 1.807) is 0 Å². The van der Waals surface area contributed by atoms with Gasteiger partial charge in [-0.1, -0.05) is 18.2 Å². The zero-order chi connectivity index (χ0) is 11.5. The number of fused-ring (bicyclic) bond motifs is 1. The number of rotatable bonds is 2. The Morgan fingerprint density at radius 3 is 2.94 bits per heavy atom. The second-order valence-corrected chi connectivity index (χ2v) is 3.61. The quantitative estimate of drug-likeness (QED) is 0.397. The maximum atomic E-state index is 11.0. The molecule has 2 aromatic rings. The molecule has 2 amide bonds. The zero-order valence-electron chi connectivity index (χ0n) is 9.03. The maximum absolute atomic E-state index is 11.0. The number of urea groups is 1. The predicted octanol–water partition coefficient (Wildman–Crippen LogP) is 0.851. The van der Waals surface area contributed by atoms with Crippen LogP contribution in [0.2, 0.25) is 0 Å². The van der Waals surface area contributed by atoms with Gasteiger partial charge in [0.1, 0.15) is 0 Å². The van der Waals surface area contributed by atoms with Crippen molar-refractivity contribution in [2.75, 3.05) is 0 Å². The van der Waals surface area contributed by atoms with Gasteiger partial charge in [0.25, 0.3) is 0 Å². The number of benzene rings is 1. The molecule has 84 valence electrons. The molecule has 0 radical (unpaired) electrons. The van der Waals surface area contributed by atoms with Crippen LogP contribution < -0.4 is 16.6 Å². The standard InChI is InChI=1S/C11H14N4O/c1-15-7-8(6-13-11(16)14-12)9-4-2-3-5-10(9)15/h2-5,7H,6,12H2,1H3,(H2,13,14,16). The molecule has 0 unspecified atom stereocenters. The van der Waals surface area contributed by atoms with Crippen molar-refractivity contribution in [3.8, 4) is 0 Å². The van der Waals surface area contributed by atoms with Crippen LogP contribution in [0.3, 0.4) is 0 Å².